The van der Waals surface area contributed by atoms with E-state index >= 15 is 0 Å². The highest BCUT2D eigenvalue weighted by Crippen LogP contribution is 2.20. The minimum atomic E-state index is 0.118. The summed E-state index contributed by atoms with van der Waals surface area (Å²) in [7, 11) is 0. The van der Waals surface area contributed by atoms with Gasteiger partial charge in [0.1, 0.15) is 11.5 Å². The van der Waals surface area contributed by atoms with E-state index in [2.05, 4.69) is 4.98 Å². The quantitative estimate of drug-likeness (QED) is 0.591. The summed E-state index contributed by atoms with van der Waals surface area (Å²) in [6.45, 7) is 0. The monoisotopic (exact) mass is 148 g/mol. The summed E-state index contributed by atoms with van der Waals surface area (Å²) < 4.78 is 0. The highest BCUT2D eigenvalue weighted by Gasteiger charge is 2.20. The summed E-state index contributed by atoms with van der Waals surface area (Å²) in [4.78, 5) is 15.1. The molecule has 0 atom stereocenters. The molecule has 11 heavy (non-hydrogen) atoms. The molecule has 3 heteroatoms. The van der Waals surface area contributed by atoms with Crippen LogP contribution < -0.4 is 5.73 Å². The molecule has 1 heterocycles. The summed E-state index contributed by atoms with van der Waals surface area (Å²) in [5, 5.41) is 0. The lowest BCUT2D eigenvalue weighted by molar-refractivity contribution is 0.0990. The van der Waals surface area contributed by atoms with Gasteiger partial charge in [-0.05, 0) is 18.1 Å². The molecule has 2 N–H and O–H groups in total. The summed E-state index contributed by atoms with van der Waals surface area (Å²) in [5.74, 6) is 0.548. The van der Waals surface area contributed by atoms with Crippen molar-refractivity contribution in [2.24, 2.45) is 0 Å². The van der Waals surface area contributed by atoms with E-state index in [0.717, 1.165) is 12.0 Å². The molecule has 0 bridgehead atoms. The zero-order valence-electron chi connectivity index (χ0n) is 6.00. The molecule has 1 aliphatic carbocycles. The smallest absolute Gasteiger partial charge is 0.181 e. The maximum absolute atomic E-state index is 11.1. The Morgan fingerprint density at radius 3 is 3.00 bits per heavy atom. The number of nitrogens with zero attached hydrogens (tertiary/aromatic N) is 1. The summed E-state index contributed by atoms with van der Waals surface area (Å²) in [5.41, 5.74) is 7.04. The van der Waals surface area contributed by atoms with Crippen LogP contribution in [0.15, 0.2) is 12.1 Å². The van der Waals surface area contributed by atoms with Crippen molar-refractivity contribution in [2.45, 2.75) is 12.8 Å². The predicted octanol–water partition coefficient (Wildman–Crippen LogP) is 0.793. The van der Waals surface area contributed by atoms with Crippen molar-refractivity contribution < 1.29 is 4.79 Å². The molecule has 0 fully saturated rings. The average molecular weight is 148 g/mol. The van der Waals surface area contributed by atoms with Gasteiger partial charge >= 0.3 is 0 Å². The van der Waals surface area contributed by atoms with Gasteiger partial charge in [-0.3, -0.25) is 4.79 Å². The Morgan fingerprint density at radius 1 is 1.36 bits per heavy atom. The third-order valence-corrected chi connectivity index (χ3v) is 1.89. The van der Waals surface area contributed by atoms with Crippen molar-refractivity contribution in [3.05, 3.63) is 23.4 Å². The first kappa shape index (κ1) is 6.34. The molecule has 3 nitrogen and oxygen atoms in total. The first-order chi connectivity index (χ1) is 5.27. The van der Waals surface area contributed by atoms with Crippen LogP contribution in [0.2, 0.25) is 0 Å². The molecule has 1 aromatic heterocycles. The van der Waals surface area contributed by atoms with Crippen molar-refractivity contribution in [3.8, 4) is 0 Å². The zero-order chi connectivity index (χ0) is 7.84. The molecule has 0 unspecified atom stereocenters. The predicted molar refractivity (Wildman–Crippen MR) is 41.3 cm³/mol. The van der Waals surface area contributed by atoms with Crippen LogP contribution in [-0.2, 0) is 6.42 Å². The van der Waals surface area contributed by atoms with Gasteiger partial charge in [-0.25, -0.2) is 4.98 Å². The van der Waals surface area contributed by atoms with Gasteiger partial charge in [0.2, 0.25) is 0 Å². The van der Waals surface area contributed by atoms with Gasteiger partial charge in [0.15, 0.2) is 5.78 Å². The van der Waals surface area contributed by atoms with Crippen molar-refractivity contribution in [1.82, 2.24) is 4.98 Å². The van der Waals surface area contributed by atoms with Gasteiger partial charge in [-0.2, -0.15) is 0 Å². The first-order valence-corrected chi connectivity index (χ1v) is 3.56. The Bertz CT molecular complexity index is 320. The van der Waals surface area contributed by atoms with Crippen molar-refractivity contribution in [2.75, 3.05) is 5.73 Å². The molecule has 0 aromatic carbocycles. The van der Waals surface area contributed by atoms with Gasteiger partial charge in [-0.15, -0.1) is 0 Å². The van der Waals surface area contributed by atoms with E-state index in [9.17, 15) is 4.79 Å². The Labute approximate surface area is 64.2 Å². The number of nitrogens with two attached hydrogens (primary N) is 1. The van der Waals surface area contributed by atoms with Gasteiger partial charge in [0, 0.05) is 6.42 Å². The Kier molecular flexibility index (Phi) is 1.18. The second-order valence-corrected chi connectivity index (χ2v) is 2.67. The molecular weight excluding hydrogens is 140 g/mol. The molecule has 0 spiro atoms. The van der Waals surface area contributed by atoms with Crippen LogP contribution in [0.1, 0.15) is 22.5 Å². The highest BCUT2D eigenvalue weighted by molar-refractivity contribution is 5.98. The van der Waals surface area contributed by atoms with E-state index < -0.39 is 0 Å². The van der Waals surface area contributed by atoms with E-state index in [-0.39, 0.29) is 5.78 Å². The summed E-state index contributed by atoms with van der Waals surface area (Å²) in [6, 6.07) is 3.61. The van der Waals surface area contributed by atoms with Gasteiger partial charge in [0.25, 0.3) is 0 Å². The molecule has 0 radical (unpaired) electrons. The van der Waals surface area contributed by atoms with E-state index in [1.807, 2.05) is 6.07 Å². The number of anilines is 1. The van der Waals surface area contributed by atoms with E-state index in [0.29, 0.717) is 17.9 Å². The van der Waals surface area contributed by atoms with E-state index in [1.54, 1.807) is 6.07 Å². The van der Waals surface area contributed by atoms with Gasteiger partial charge < -0.3 is 5.73 Å². The summed E-state index contributed by atoms with van der Waals surface area (Å²) >= 11 is 0. The van der Waals surface area contributed by atoms with Crippen molar-refractivity contribution >= 4 is 11.6 Å². The molecule has 0 amide bonds. The lowest BCUT2D eigenvalue weighted by Gasteiger charge is -1.96. The summed E-state index contributed by atoms with van der Waals surface area (Å²) in [6.07, 6.45) is 1.41. The first-order valence-electron chi connectivity index (χ1n) is 3.56. The van der Waals surface area contributed by atoms with Crippen molar-refractivity contribution in [1.29, 1.82) is 0 Å². The molecule has 1 aromatic rings. The lowest BCUT2D eigenvalue weighted by Crippen LogP contribution is -1.99. The van der Waals surface area contributed by atoms with Gasteiger partial charge in [0.05, 0.1) is 0 Å². The number of carbonyl (C=O) groups is 1. The third kappa shape index (κ3) is 0.888. The van der Waals surface area contributed by atoms with Crippen LogP contribution in [0.5, 0.6) is 0 Å². The normalized spacial score (nSPS) is 15.1. The van der Waals surface area contributed by atoms with Crippen LogP contribution in [0.25, 0.3) is 0 Å². The topological polar surface area (TPSA) is 56.0 Å². The number of ketones is 1. The minimum absolute atomic E-state index is 0.118. The average Bonchev–Trinajstić information content (AvgIpc) is 2.33. The maximum Gasteiger partial charge on any atom is 0.181 e. The number of fused-ring (bicyclic) bond motifs is 1. The zero-order valence-corrected chi connectivity index (χ0v) is 6.00. The third-order valence-electron chi connectivity index (χ3n) is 1.89. The Balaban J connectivity index is 2.60. The fourth-order valence-electron chi connectivity index (χ4n) is 1.31. The molecule has 0 aliphatic heterocycles. The second kappa shape index (κ2) is 2.05. The number of hydrogen-bond acceptors (Lipinski definition) is 3. The number of hydrogen-bond donors (Lipinski definition) is 1. The Hall–Kier alpha value is -1.38. The minimum Gasteiger partial charge on any atom is -0.384 e. The largest absolute Gasteiger partial charge is 0.384 e. The molecular formula is C8H8N2O. The lowest BCUT2D eigenvalue weighted by atomic mass is 10.2. The Morgan fingerprint density at radius 2 is 2.18 bits per heavy atom. The number of rotatable bonds is 0. The highest BCUT2D eigenvalue weighted by atomic mass is 16.1. The van der Waals surface area contributed by atoms with Crippen LogP contribution in [0, 0.1) is 0 Å². The van der Waals surface area contributed by atoms with Crippen LogP contribution >= 0.6 is 0 Å². The maximum atomic E-state index is 11.1. The number of nitrogen functional groups attached to an aromatic ring is 1. The van der Waals surface area contributed by atoms with E-state index in [4.69, 9.17) is 5.73 Å². The number of aromatic nitrogens is 1. The second-order valence-electron chi connectivity index (χ2n) is 2.67. The standard InChI is InChI=1S/C8H8N2O/c9-7-4-2-5-1-3-6(11)8(5)10-7/h2,4H,1,3H2,(H2,9,10). The molecule has 2 rings (SSSR count). The van der Waals surface area contributed by atoms with E-state index in [1.165, 1.54) is 0 Å². The van der Waals surface area contributed by atoms with Crippen LogP contribution in [0.4, 0.5) is 5.82 Å². The van der Waals surface area contributed by atoms with Crippen LogP contribution in [0.3, 0.4) is 0 Å². The van der Waals surface area contributed by atoms with Crippen molar-refractivity contribution in [3.63, 3.8) is 0 Å². The number of Topliss-reactive ketones (excluding diaryl/α,β-unsaturated/α-hetero) is 1. The van der Waals surface area contributed by atoms with Gasteiger partial charge in [-0.1, -0.05) is 6.07 Å². The molecule has 1 aliphatic rings. The molecule has 0 saturated heterocycles. The van der Waals surface area contributed by atoms with Crippen LogP contribution in [-0.4, -0.2) is 10.8 Å². The fourth-order valence-corrected chi connectivity index (χ4v) is 1.31. The molecule has 56 valence electrons. The molecule has 0 saturated carbocycles. The fraction of sp³-hybridized carbons (Fsp3) is 0.250. The number of pyridine rings is 1. The number of aryl methyl sites for hydroxylation is 1. The SMILES string of the molecule is Nc1ccc2c(n1)C(=O)CC2. The number of carbonyl (C=O) groups excluding carboxylic acids is 1.